The highest BCUT2D eigenvalue weighted by Gasteiger charge is 2.09. The first-order chi connectivity index (χ1) is 6.22. The minimum Gasteiger partial charge on any atom is -0.496 e. The first-order valence-electron chi connectivity index (χ1n) is 3.59. The molecule has 0 saturated carbocycles. The molecule has 0 aromatic carbocycles. The smallest absolute Gasteiger partial charge is 0.143 e. The Bertz CT molecular complexity index is 455. The van der Waals surface area contributed by atoms with Gasteiger partial charge in [-0.3, -0.25) is 0 Å². The lowest BCUT2D eigenvalue weighted by atomic mass is 10.3. The lowest BCUT2D eigenvalue weighted by molar-refractivity contribution is 0.419. The van der Waals surface area contributed by atoms with Gasteiger partial charge < -0.3 is 9.72 Å². The third kappa shape index (κ3) is 1.40. The van der Waals surface area contributed by atoms with Crippen LogP contribution in [-0.2, 0) is 0 Å². The number of fused-ring (bicyclic) bond motifs is 1. The van der Waals surface area contributed by atoms with Crippen LogP contribution in [0.1, 0.15) is 0 Å². The molecule has 3 nitrogen and oxygen atoms in total. The molecule has 0 fully saturated rings. The van der Waals surface area contributed by atoms with Crippen molar-refractivity contribution in [3.05, 3.63) is 21.9 Å². The molecule has 0 bridgehead atoms. The summed E-state index contributed by atoms with van der Waals surface area (Å²) in [6.45, 7) is 0. The zero-order valence-corrected chi connectivity index (χ0v) is 9.11. The van der Waals surface area contributed by atoms with Crippen molar-refractivity contribution < 1.29 is 4.74 Å². The highest BCUT2D eigenvalue weighted by atomic mass is 79.9. The molecule has 0 spiro atoms. The number of aromatic nitrogens is 2. The van der Waals surface area contributed by atoms with Gasteiger partial charge in [0.1, 0.15) is 16.5 Å². The van der Waals surface area contributed by atoms with Crippen molar-refractivity contribution in [2.75, 3.05) is 7.11 Å². The maximum atomic E-state index is 5.79. The second-order valence-electron chi connectivity index (χ2n) is 2.51. The van der Waals surface area contributed by atoms with Crippen molar-refractivity contribution >= 4 is 38.6 Å². The van der Waals surface area contributed by atoms with Crippen LogP contribution >= 0.6 is 27.5 Å². The average Bonchev–Trinajstić information content (AvgIpc) is 2.46. The van der Waals surface area contributed by atoms with E-state index in [0.29, 0.717) is 10.9 Å². The number of pyridine rings is 1. The van der Waals surface area contributed by atoms with Gasteiger partial charge >= 0.3 is 0 Å². The van der Waals surface area contributed by atoms with E-state index in [4.69, 9.17) is 16.3 Å². The molecule has 2 aromatic heterocycles. The van der Waals surface area contributed by atoms with E-state index in [0.717, 1.165) is 15.5 Å². The van der Waals surface area contributed by atoms with Crippen LogP contribution in [0.2, 0.25) is 5.15 Å². The highest BCUT2D eigenvalue weighted by Crippen LogP contribution is 2.32. The largest absolute Gasteiger partial charge is 0.496 e. The molecule has 1 N–H and O–H groups in total. The Morgan fingerprint density at radius 1 is 1.62 bits per heavy atom. The molecule has 0 amide bonds. The van der Waals surface area contributed by atoms with Gasteiger partial charge in [-0.2, -0.15) is 0 Å². The number of H-pyrrole nitrogens is 1. The third-order valence-corrected chi connectivity index (χ3v) is 2.57. The molecule has 2 aromatic rings. The molecule has 0 atom stereocenters. The molecule has 68 valence electrons. The van der Waals surface area contributed by atoms with Crippen LogP contribution in [0, 0.1) is 0 Å². The van der Waals surface area contributed by atoms with Crippen LogP contribution < -0.4 is 4.74 Å². The van der Waals surface area contributed by atoms with Crippen molar-refractivity contribution in [2.45, 2.75) is 0 Å². The molecule has 0 aliphatic heterocycles. The lowest BCUT2D eigenvalue weighted by Gasteiger charge is -2.01. The first kappa shape index (κ1) is 8.84. The minimum absolute atomic E-state index is 0.415. The third-order valence-electron chi connectivity index (χ3n) is 1.75. The Kier molecular flexibility index (Phi) is 2.17. The number of rotatable bonds is 1. The predicted molar refractivity (Wildman–Crippen MR) is 55.4 cm³/mol. The summed E-state index contributed by atoms with van der Waals surface area (Å²) in [5.41, 5.74) is 0.719. The average molecular weight is 262 g/mol. The Labute approximate surface area is 88.2 Å². The van der Waals surface area contributed by atoms with Crippen LogP contribution in [0.3, 0.4) is 0 Å². The van der Waals surface area contributed by atoms with Crippen molar-refractivity contribution in [2.24, 2.45) is 0 Å². The molecule has 2 heterocycles. The summed E-state index contributed by atoms with van der Waals surface area (Å²) in [5.74, 6) is 0.711. The quantitative estimate of drug-likeness (QED) is 0.801. The van der Waals surface area contributed by atoms with Crippen molar-refractivity contribution in [1.29, 1.82) is 0 Å². The second kappa shape index (κ2) is 3.20. The van der Waals surface area contributed by atoms with Gasteiger partial charge in [0.25, 0.3) is 0 Å². The van der Waals surface area contributed by atoms with E-state index < -0.39 is 0 Å². The molecular formula is C8H6BrClN2O. The van der Waals surface area contributed by atoms with E-state index in [-0.39, 0.29) is 0 Å². The monoisotopic (exact) mass is 260 g/mol. The van der Waals surface area contributed by atoms with E-state index in [1.807, 2.05) is 0 Å². The Hall–Kier alpha value is -0.740. The highest BCUT2D eigenvalue weighted by molar-refractivity contribution is 9.10. The van der Waals surface area contributed by atoms with E-state index in [1.54, 1.807) is 19.4 Å². The number of methoxy groups -OCH3 is 1. The number of nitrogens with one attached hydrogen (secondary N) is 1. The second-order valence-corrected chi connectivity index (χ2v) is 3.75. The standard InChI is InChI=1S/C8H6BrClN2O/c1-13-5-2-6(10)12-8-7(5)4(9)3-11-8/h2-3H,1H3,(H,11,12). The maximum absolute atomic E-state index is 5.79. The van der Waals surface area contributed by atoms with Gasteiger partial charge in [-0.1, -0.05) is 11.6 Å². The molecular weight excluding hydrogens is 255 g/mol. The summed E-state index contributed by atoms with van der Waals surface area (Å²) in [6, 6.07) is 1.68. The first-order valence-corrected chi connectivity index (χ1v) is 4.76. The summed E-state index contributed by atoms with van der Waals surface area (Å²) in [4.78, 5) is 7.09. The predicted octanol–water partition coefficient (Wildman–Crippen LogP) is 2.99. The Morgan fingerprint density at radius 2 is 2.38 bits per heavy atom. The molecule has 13 heavy (non-hydrogen) atoms. The lowest BCUT2D eigenvalue weighted by Crippen LogP contribution is -1.86. The number of hydrogen-bond acceptors (Lipinski definition) is 2. The van der Waals surface area contributed by atoms with Gasteiger partial charge in [0.05, 0.1) is 12.5 Å². The van der Waals surface area contributed by atoms with Crippen molar-refractivity contribution in [3.8, 4) is 5.75 Å². The van der Waals surface area contributed by atoms with E-state index in [9.17, 15) is 0 Å². The van der Waals surface area contributed by atoms with Crippen LogP contribution in [0.4, 0.5) is 0 Å². The van der Waals surface area contributed by atoms with Gasteiger partial charge in [0.2, 0.25) is 0 Å². The van der Waals surface area contributed by atoms with Crippen molar-refractivity contribution in [1.82, 2.24) is 9.97 Å². The number of aromatic amines is 1. The van der Waals surface area contributed by atoms with Crippen LogP contribution in [0.5, 0.6) is 5.75 Å². The molecule has 2 rings (SSSR count). The molecule has 5 heteroatoms. The SMILES string of the molecule is COc1cc(Cl)nc2[nH]cc(Br)c12. The van der Waals surface area contributed by atoms with Crippen LogP contribution in [-0.4, -0.2) is 17.1 Å². The summed E-state index contributed by atoms with van der Waals surface area (Å²) in [5, 5.41) is 1.32. The normalized spacial score (nSPS) is 10.7. The molecule has 0 aliphatic rings. The Morgan fingerprint density at radius 3 is 3.08 bits per heavy atom. The topological polar surface area (TPSA) is 37.9 Å². The van der Waals surface area contributed by atoms with Crippen LogP contribution in [0.25, 0.3) is 11.0 Å². The maximum Gasteiger partial charge on any atom is 0.143 e. The van der Waals surface area contributed by atoms with Crippen molar-refractivity contribution in [3.63, 3.8) is 0 Å². The molecule has 0 radical (unpaired) electrons. The van der Waals surface area contributed by atoms with Gasteiger partial charge in [0.15, 0.2) is 0 Å². The molecule has 0 unspecified atom stereocenters. The van der Waals surface area contributed by atoms with E-state index in [1.165, 1.54) is 0 Å². The fourth-order valence-electron chi connectivity index (χ4n) is 1.19. The number of halogens is 2. The summed E-state index contributed by atoms with van der Waals surface area (Å²) in [7, 11) is 1.60. The molecule has 0 aliphatic carbocycles. The van der Waals surface area contributed by atoms with Gasteiger partial charge in [-0.15, -0.1) is 0 Å². The number of hydrogen-bond donors (Lipinski definition) is 1. The molecule has 0 saturated heterocycles. The van der Waals surface area contributed by atoms with Gasteiger partial charge in [-0.25, -0.2) is 4.98 Å². The number of nitrogens with zero attached hydrogens (tertiary/aromatic N) is 1. The van der Waals surface area contributed by atoms with Gasteiger partial charge in [-0.05, 0) is 15.9 Å². The van der Waals surface area contributed by atoms with Gasteiger partial charge in [0, 0.05) is 16.7 Å². The van der Waals surface area contributed by atoms with E-state index >= 15 is 0 Å². The Balaban J connectivity index is 2.85. The summed E-state index contributed by atoms with van der Waals surface area (Å²) < 4.78 is 6.09. The fraction of sp³-hybridized carbons (Fsp3) is 0.125. The zero-order valence-electron chi connectivity index (χ0n) is 6.77. The van der Waals surface area contributed by atoms with E-state index in [2.05, 4.69) is 25.9 Å². The minimum atomic E-state index is 0.415. The zero-order chi connectivity index (χ0) is 9.42. The number of ether oxygens (including phenoxy) is 1. The summed E-state index contributed by atoms with van der Waals surface area (Å²) in [6.07, 6.45) is 1.80. The van der Waals surface area contributed by atoms with Crippen LogP contribution in [0.15, 0.2) is 16.7 Å². The fourth-order valence-corrected chi connectivity index (χ4v) is 1.87. The summed E-state index contributed by atoms with van der Waals surface area (Å²) >= 11 is 9.17.